The summed E-state index contributed by atoms with van der Waals surface area (Å²) in [5.41, 5.74) is 10.4. The highest BCUT2D eigenvalue weighted by molar-refractivity contribution is 5.86. The Morgan fingerprint density at radius 2 is 2.25 bits per heavy atom. The second kappa shape index (κ2) is 6.82. The van der Waals surface area contributed by atoms with Gasteiger partial charge >= 0.3 is 0 Å². The van der Waals surface area contributed by atoms with E-state index in [4.69, 9.17) is 5.73 Å². The summed E-state index contributed by atoms with van der Waals surface area (Å²) in [6.45, 7) is 5.11. The molecule has 0 aromatic rings. The highest BCUT2D eigenvalue weighted by atomic mass is 16.2. The number of carbonyl (C=O) groups excluding carboxylic acids is 1. The minimum Gasteiger partial charge on any atom is -0.329 e. The second-order valence-electron chi connectivity index (χ2n) is 2.81. The molecular weight excluding hydrogens is 154 g/mol. The zero-order valence-corrected chi connectivity index (χ0v) is 7.63. The second-order valence-corrected chi connectivity index (χ2v) is 2.81. The first kappa shape index (κ1) is 11.1. The van der Waals surface area contributed by atoms with Gasteiger partial charge in [0.05, 0.1) is 0 Å². The number of hydrazine groups is 1. The van der Waals surface area contributed by atoms with Gasteiger partial charge < -0.3 is 5.73 Å². The average Bonchev–Trinajstić information content (AvgIpc) is 2.01. The van der Waals surface area contributed by atoms with Gasteiger partial charge in [0.15, 0.2) is 0 Å². The predicted octanol–water partition coefficient (Wildman–Crippen LogP) is -0.222. The maximum Gasteiger partial charge on any atom is 0.257 e. The van der Waals surface area contributed by atoms with Crippen molar-refractivity contribution in [2.75, 3.05) is 13.1 Å². The molecule has 0 aliphatic rings. The maximum absolute atomic E-state index is 10.9. The topological polar surface area (TPSA) is 67.2 Å². The van der Waals surface area contributed by atoms with Gasteiger partial charge in [-0.2, -0.15) is 0 Å². The lowest BCUT2D eigenvalue weighted by Gasteiger charge is -2.02. The van der Waals surface area contributed by atoms with Gasteiger partial charge in [0.1, 0.15) is 0 Å². The van der Waals surface area contributed by atoms with E-state index in [2.05, 4.69) is 10.9 Å². The quantitative estimate of drug-likeness (QED) is 0.304. The van der Waals surface area contributed by atoms with Gasteiger partial charge in [-0.3, -0.25) is 10.2 Å². The molecule has 70 valence electrons. The third-order valence-electron chi connectivity index (χ3n) is 1.11. The zero-order chi connectivity index (χ0) is 9.40. The molecule has 0 spiro atoms. The van der Waals surface area contributed by atoms with Crippen molar-refractivity contribution in [3.05, 3.63) is 12.2 Å². The van der Waals surface area contributed by atoms with Crippen LogP contribution in [0.25, 0.3) is 0 Å². The van der Waals surface area contributed by atoms with Crippen LogP contribution in [-0.4, -0.2) is 19.0 Å². The van der Waals surface area contributed by atoms with E-state index >= 15 is 0 Å². The van der Waals surface area contributed by atoms with E-state index < -0.39 is 0 Å². The number of nitrogens with two attached hydrogens (primary N) is 1. The number of hydrogen-bond acceptors (Lipinski definition) is 3. The molecule has 0 saturated heterocycles. The molecule has 0 aliphatic carbocycles. The largest absolute Gasteiger partial charge is 0.329 e. The number of rotatable bonds is 5. The Bertz CT molecular complexity index is 154. The average molecular weight is 171 g/mol. The summed E-state index contributed by atoms with van der Waals surface area (Å²) in [7, 11) is 0. The van der Waals surface area contributed by atoms with E-state index in [0.29, 0.717) is 19.0 Å². The van der Waals surface area contributed by atoms with Gasteiger partial charge in [-0.05, 0) is 5.92 Å². The summed E-state index contributed by atoms with van der Waals surface area (Å²) in [6, 6.07) is 0. The molecule has 0 saturated carbocycles. The molecule has 4 heteroatoms. The molecule has 0 rings (SSSR count). The van der Waals surface area contributed by atoms with Crippen molar-refractivity contribution in [1.82, 2.24) is 10.9 Å². The van der Waals surface area contributed by atoms with Crippen LogP contribution >= 0.6 is 0 Å². The summed E-state index contributed by atoms with van der Waals surface area (Å²) in [5, 5.41) is 0. The van der Waals surface area contributed by atoms with E-state index in [-0.39, 0.29) is 5.91 Å². The van der Waals surface area contributed by atoms with Gasteiger partial charge in [0, 0.05) is 19.2 Å². The van der Waals surface area contributed by atoms with Gasteiger partial charge in [-0.15, -0.1) is 0 Å². The molecular formula is C8H17N3O. The van der Waals surface area contributed by atoms with Crippen LogP contribution in [0.15, 0.2) is 12.2 Å². The molecule has 4 N–H and O–H groups in total. The highest BCUT2D eigenvalue weighted by Crippen LogP contribution is 1.91. The molecule has 0 atom stereocenters. The minimum absolute atomic E-state index is 0.142. The first-order valence-electron chi connectivity index (χ1n) is 4.08. The molecule has 0 fully saturated rings. The summed E-state index contributed by atoms with van der Waals surface area (Å²) < 4.78 is 0. The lowest BCUT2D eigenvalue weighted by Crippen LogP contribution is -2.39. The van der Waals surface area contributed by atoms with Crippen molar-refractivity contribution in [3.63, 3.8) is 0 Å². The highest BCUT2D eigenvalue weighted by Gasteiger charge is 1.92. The Labute approximate surface area is 73.2 Å². The van der Waals surface area contributed by atoms with Crippen LogP contribution in [-0.2, 0) is 4.79 Å². The van der Waals surface area contributed by atoms with Crippen LogP contribution in [0.2, 0.25) is 0 Å². The zero-order valence-electron chi connectivity index (χ0n) is 7.63. The third kappa shape index (κ3) is 7.24. The van der Waals surface area contributed by atoms with Crippen LogP contribution in [0.5, 0.6) is 0 Å². The normalized spacial score (nSPS) is 11.0. The van der Waals surface area contributed by atoms with Crippen molar-refractivity contribution in [1.29, 1.82) is 0 Å². The molecule has 4 nitrogen and oxygen atoms in total. The van der Waals surface area contributed by atoms with Crippen molar-refractivity contribution in [2.45, 2.75) is 13.8 Å². The van der Waals surface area contributed by atoms with Gasteiger partial charge in [-0.1, -0.05) is 19.9 Å². The summed E-state index contributed by atoms with van der Waals surface area (Å²) in [6.07, 6.45) is 3.34. The lowest BCUT2D eigenvalue weighted by atomic mass is 10.2. The summed E-state index contributed by atoms with van der Waals surface area (Å²) >= 11 is 0. The summed E-state index contributed by atoms with van der Waals surface area (Å²) in [4.78, 5) is 10.9. The van der Waals surface area contributed by atoms with Crippen molar-refractivity contribution in [3.8, 4) is 0 Å². The van der Waals surface area contributed by atoms with Gasteiger partial charge in [-0.25, -0.2) is 5.43 Å². The number of carbonyl (C=O) groups is 1. The fourth-order valence-corrected chi connectivity index (χ4v) is 0.543. The molecule has 0 unspecified atom stereocenters. The molecule has 0 radical (unpaired) electrons. The molecule has 1 amide bonds. The fourth-order valence-electron chi connectivity index (χ4n) is 0.543. The van der Waals surface area contributed by atoms with Crippen molar-refractivity contribution < 1.29 is 4.79 Å². The SMILES string of the molecule is CC(C)C=CC(=O)NNCCN. The van der Waals surface area contributed by atoms with Crippen LogP contribution in [0.4, 0.5) is 0 Å². The maximum atomic E-state index is 10.9. The number of amides is 1. The minimum atomic E-state index is -0.142. The molecule has 0 aliphatic heterocycles. The van der Waals surface area contributed by atoms with E-state index in [1.54, 1.807) is 0 Å². The van der Waals surface area contributed by atoms with E-state index in [9.17, 15) is 4.79 Å². The van der Waals surface area contributed by atoms with E-state index in [0.717, 1.165) is 0 Å². The van der Waals surface area contributed by atoms with Gasteiger partial charge in [0.2, 0.25) is 0 Å². The molecule has 0 aromatic heterocycles. The number of allylic oxidation sites excluding steroid dienone is 1. The van der Waals surface area contributed by atoms with Crippen molar-refractivity contribution in [2.24, 2.45) is 11.7 Å². The third-order valence-corrected chi connectivity index (χ3v) is 1.11. The Hall–Kier alpha value is -0.870. The Morgan fingerprint density at radius 1 is 1.58 bits per heavy atom. The Balaban J connectivity index is 3.46. The molecule has 0 aromatic carbocycles. The van der Waals surface area contributed by atoms with E-state index in [1.807, 2.05) is 19.9 Å². The van der Waals surface area contributed by atoms with Gasteiger partial charge in [0.25, 0.3) is 5.91 Å². The van der Waals surface area contributed by atoms with Crippen molar-refractivity contribution >= 4 is 5.91 Å². The summed E-state index contributed by atoms with van der Waals surface area (Å²) in [5.74, 6) is 0.252. The number of hydrogen-bond donors (Lipinski definition) is 3. The predicted molar refractivity (Wildman–Crippen MR) is 49.2 cm³/mol. The van der Waals surface area contributed by atoms with Crippen LogP contribution in [0, 0.1) is 5.92 Å². The lowest BCUT2D eigenvalue weighted by molar-refractivity contribution is -0.117. The fraction of sp³-hybridized carbons (Fsp3) is 0.625. The van der Waals surface area contributed by atoms with Crippen LogP contribution < -0.4 is 16.6 Å². The smallest absolute Gasteiger partial charge is 0.257 e. The Morgan fingerprint density at radius 3 is 2.75 bits per heavy atom. The number of nitrogens with one attached hydrogen (secondary N) is 2. The van der Waals surface area contributed by atoms with Crippen LogP contribution in [0.1, 0.15) is 13.8 Å². The Kier molecular flexibility index (Phi) is 6.32. The first-order chi connectivity index (χ1) is 5.66. The molecule has 0 bridgehead atoms. The molecule has 12 heavy (non-hydrogen) atoms. The monoisotopic (exact) mass is 171 g/mol. The van der Waals surface area contributed by atoms with Crippen LogP contribution in [0.3, 0.4) is 0 Å². The first-order valence-corrected chi connectivity index (χ1v) is 4.08. The molecule has 0 heterocycles. The standard InChI is InChI=1S/C8H17N3O/c1-7(2)3-4-8(12)11-10-6-5-9/h3-4,7,10H,5-6,9H2,1-2H3,(H,11,12). The van der Waals surface area contributed by atoms with E-state index in [1.165, 1.54) is 6.08 Å².